The fraction of sp³-hybridized carbons (Fsp3) is 0.200. The maximum atomic E-state index is 12.4. The lowest BCUT2D eigenvalue weighted by Gasteiger charge is -2.10. The first kappa shape index (κ1) is 19.6. The van der Waals surface area contributed by atoms with Gasteiger partial charge in [-0.2, -0.15) is 0 Å². The molecule has 0 atom stereocenters. The molecule has 1 heterocycles. The van der Waals surface area contributed by atoms with E-state index >= 15 is 0 Å². The van der Waals surface area contributed by atoms with E-state index in [1.165, 1.54) is 11.8 Å². The molecule has 28 heavy (non-hydrogen) atoms. The van der Waals surface area contributed by atoms with Crippen molar-refractivity contribution in [2.75, 3.05) is 17.7 Å². The van der Waals surface area contributed by atoms with Crippen LogP contribution in [0.4, 0.5) is 5.69 Å². The second-order valence-electron chi connectivity index (χ2n) is 5.83. The average molecular weight is 396 g/mol. The maximum Gasteiger partial charge on any atom is 0.340 e. The number of rotatable bonds is 7. The van der Waals surface area contributed by atoms with Crippen LogP contribution in [0.5, 0.6) is 0 Å². The van der Waals surface area contributed by atoms with E-state index in [9.17, 15) is 9.59 Å². The van der Waals surface area contributed by atoms with Crippen molar-refractivity contribution in [3.05, 3.63) is 60.2 Å². The van der Waals surface area contributed by atoms with Gasteiger partial charge in [0.1, 0.15) is 0 Å². The molecule has 7 nitrogen and oxygen atoms in total. The number of carbonyl (C=O) groups excluding carboxylic acids is 2. The SMILES string of the molecule is CCOC(=O)c1ccccc1NC(=O)CSc1nnc(-c2ccccc2)n1C. The molecule has 0 spiro atoms. The summed E-state index contributed by atoms with van der Waals surface area (Å²) in [4.78, 5) is 24.4. The highest BCUT2D eigenvalue weighted by molar-refractivity contribution is 7.99. The van der Waals surface area contributed by atoms with Crippen molar-refractivity contribution >= 4 is 29.3 Å². The summed E-state index contributed by atoms with van der Waals surface area (Å²) >= 11 is 1.28. The number of esters is 1. The number of benzene rings is 2. The molecule has 3 aromatic rings. The Morgan fingerprint density at radius 1 is 1.07 bits per heavy atom. The topological polar surface area (TPSA) is 86.1 Å². The number of para-hydroxylation sites is 1. The van der Waals surface area contributed by atoms with Crippen LogP contribution in [-0.4, -0.2) is 39.0 Å². The first-order valence-corrected chi connectivity index (χ1v) is 9.72. The summed E-state index contributed by atoms with van der Waals surface area (Å²) in [5, 5.41) is 11.8. The lowest BCUT2D eigenvalue weighted by Crippen LogP contribution is -2.17. The predicted octanol–water partition coefficient (Wildman–Crippen LogP) is 3.39. The van der Waals surface area contributed by atoms with Gasteiger partial charge in [0.2, 0.25) is 5.91 Å². The van der Waals surface area contributed by atoms with Gasteiger partial charge in [-0.05, 0) is 19.1 Å². The third kappa shape index (κ3) is 4.58. The molecule has 8 heteroatoms. The molecule has 0 unspecified atom stereocenters. The lowest BCUT2D eigenvalue weighted by atomic mass is 10.2. The summed E-state index contributed by atoms with van der Waals surface area (Å²) in [6, 6.07) is 16.5. The number of hydrogen-bond donors (Lipinski definition) is 1. The van der Waals surface area contributed by atoms with Crippen LogP contribution >= 0.6 is 11.8 Å². The molecule has 0 aliphatic carbocycles. The second-order valence-corrected chi connectivity index (χ2v) is 6.78. The van der Waals surface area contributed by atoms with Crippen LogP contribution in [0.15, 0.2) is 59.8 Å². The molecule has 0 fully saturated rings. The van der Waals surface area contributed by atoms with E-state index in [0.29, 0.717) is 16.4 Å². The summed E-state index contributed by atoms with van der Waals surface area (Å²) in [6.45, 7) is 2.01. The third-order valence-electron chi connectivity index (χ3n) is 3.90. The molecule has 1 aromatic heterocycles. The standard InChI is InChI=1S/C20H20N4O3S/c1-3-27-19(26)15-11-7-8-12-16(15)21-17(25)13-28-20-23-22-18(24(20)2)14-9-5-4-6-10-14/h4-12H,3,13H2,1-2H3,(H,21,25). The molecule has 2 aromatic carbocycles. The first-order chi connectivity index (χ1) is 13.6. The minimum Gasteiger partial charge on any atom is -0.462 e. The molecule has 0 saturated heterocycles. The van der Waals surface area contributed by atoms with Crippen molar-refractivity contribution in [1.29, 1.82) is 0 Å². The number of amides is 1. The van der Waals surface area contributed by atoms with Gasteiger partial charge in [0, 0.05) is 12.6 Å². The number of nitrogens with one attached hydrogen (secondary N) is 1. The zero-order valence-electron chi connectivity index (χ0n) is 15.6. The normalized spacial score (nSPS) is 10.5. The van der Waals surface area contributed by atoms with Gasteiger partial charge in [-0.1, -0.05) is 54.2 Å². The highest BCUT2D eigenvalue weighted by Gasteiger charge is 2.16. The molecule has 0 aliphatic rings. The smallest absolute Gasteiger partial charge is 0.340 e. The number of carbonyl (C=O) groups is 2. The number of ether oxygens (including phenoxy) is 1. The monoisotopic (exact) mass is 396 g/mol. The third-order valence-corrected chi connectivity index (χ3v) is 4.92. The van der Waals surface area contributed by atoms with Crippen molar-refractivity contribution in [2.45, 2.75) is 12.1 Å². The molecule has 0 radical (unpaired) electrons. The molecule has 0 bridgehead atoms. The Morgan fingerprint density at radius 2 is 1.79 bits per heavy atom. The number of thioether (sulfide) groups is 1. The van der Waals surface area contributed by atoms with Crippen molar-refractivity contribution in [1.82, 2.24) is 14.8 Å². The zero-order chi connectivity index (χ0) is 19.9. The van der Waals surface area contributed by atoms with Crippen molar-refractivity contribution in [3.63, 3.8) is 0 Å². The van der Waals surface area contributed by atoms with Gasteiger partial charge < -0.3 is 14.6 Å². The van der Waals surface area contributed by atoms with Crippen LogP contribution < -0.4 is 5.32 Å². The number of nitrogens with zero attached hydrogens (tertiary/aromatic N) is 3. The summed E-state index contributed by atoms with van der Waals surface area (Å²) in [6.07, 6.45) is 0. The molecule has 1 amide bonds. The highest BCUT2D eigenvalue weighted by atomic mass is 32.2. The Labute approximate surface area is 167 Å². The number of aromatic nitrogens is 3. The zero-order valence-corrected chi connectivity index (χ0v) is 16.4. The second kappa shape index (κ2) is 9.18. The molecule has 1 N–H and O–H groups in total. The molecular formula is C20H20N4O3S. The van der Waals surface area contributed by atoms with E-state index in [1.807, 2.05) is 41.9 Å². The molecule has 0 aliphatic heterocycles. The van der Waals surface area contributed by atoms with E-state index in [1.54, 1.807) is 31.2 Å². The summed E-state index contributed by atoms with van der Waals surface area (Å²) in [5.74, 6) is 0.159. The fourth-order valence-electron chi connectivity index (χ4n) is 2.57. The predicted molar refractivity (Wildman–Crippen MR) is 108 cm³/mol. The van der Waals surface area contributed by atoms with Crippen LogP contribution in [-0.2, 0) is 16.6 Å². The van der Waals surface area contributed by atoms with Gasteiger partial charge >= 0.3 is 5.97 Å². The van der Waals surface area contributed by atoms with E-state index < -0.39 is 5.97 Å². The highest BCUT2D eigenvalue weighted by Crippen LogP contribution is 2.23. The minimum atomic E-state index is -0.466. The molecule has 144 valence electrons. The van der Waals surface area contributed by atoms with E-state index in [-0.39, 0.29) is 18.3 Å². The maximum absolute atomic E-state index is 12.4. The van der Waals surface area contributed by atoms with Crippen LogP contribution in [0.25, 0.3) is 11.4 Å². The van der Waals surface area contributed by atoms with Gasteiger partial charge in [-0.15, -0.1) is 10.2 Å². The quantitative estimate of drug-likeness (QED) is 0.487. The van der Waals surface area contributed by atoms with Crippen molar-refractivity contribution < 1.29 is 14.3 Å². The summed E-state index contributed by atoms with van der Waals surface area (Å²) in [7, 11) is 1.86. The number of anilines is 1. The Bertz CT molecular complexity index is 973. The molecular weight excluding hydrogens is 376 g/mol. The largest absolute Gasteiger partial charge is 0.462 e. The van der Waals surface area contributed by atoms with E-state index in [0.717, 1.165) is 11.4 Å². The summed E-state index contributed by atoms with van der Waals surface area (Å²) in [5.41, 5.74) is 1.71. The van der Waals surface area contributed by atoms with Gasteiger partial charge in [0.15, 0.2) is 11.0 Å². The van der Waals surface area contributed by atoms with Gasteiger partial charge in [-0.25, -0.2) is 4.79 Å². The Balaban J connectivity index is 1.65. The fourth-order valence-corrected chi connectivity index (χ4v) is 3.29. The first-order valence-electron chi connectivity index (χ1n) is 8.73. The van der Waals surface area contributed by atoms with Crippen LogP contribution in [0.3, 0.4) is 0 Å². The number of hydrogen-bond acceptors (Lipinski definition) is 6. The molecule has 3 rings (SSSR count). The lowest BCUT2D eigenvalue weighted by molar-refractivity contribution is -0.113. The van der Waals surface area contributed by atoms with E-state index in [4.69, 9.17) is 4.74 Å². The van der Waals surface area contributed by atoms with Crippen LogP contribution in [0.1, 0.15) is 17.3 Å². The average Bonchev–Trinajstić information content (AvgIpc) is 3.08. The van der Waals surface area contributed by atoms with Crippen molar-refractivity contribution in [3.8, 4) is 11.4 Å². The van der Waals surface area contributed by atoms with Gasteiger partial charge in [0.25, 0.3) is 0 Å². The Hall–Kier alpha value is -3.13. The van der Waals surface area contributed by atoms with Crippen LogP contribution in [0, 0.1) is 0 Å². The Kier molecular flexibility index (Phi) is 6.44. The van der Waals surface area contributed by atoms with Crippen LogP contribution in [0.2, 0.25) is 0 Å². The van der Waals surface area contributed by atoms with E-state index in [2.05, 4.69) is 15.5 Å². The minimum absolute atomic E-state index is 0.137. The molecule has 0 saturated carbocycles. The van der Waals surface area contributed by atoms with Gasteiger partial charge in [0.05, 0.1) is 23.6 Å². The Morgan fingerprint density at radius 3 is 2.54 bits per heavy atom. The summed E-state index contributed by atoms with van der Waals surface area (Å²) < 4.78 is 6.87. The van der Waals surface area contributed by atoms with Gasteiger partial charge in [-0.3, -0.25) is 4.79 Å². The van der Waals surface area contributed by atoms with Crippen molar-refractivity contribution in [2.24, 2.45) is 7.05 Å².